The van der Waals surface area contributed by atoms with Crippen LogP contribution < -0.4 is 5.32 Å². The maximum atomic E-state index is 11.7. The topological polar surface area (TPSA) is 63.2 Å². The number of carbonyl (C=O) groups is 3. The van der Waals surface area contributed by atoms with E-state index < -0.39 is 0 Å². The molecule has 0 bridgehead atoms. The van der Waals surface area contributed by atoms with Crippen LogP contribution in [0.15, 0.2) is 0 Å². The van der Waals surface area contributed by atoms with Gasteiger partial charge in [-0.25, -0.2) is 0 Å². The summed E-state index contributed by atoms with van der Waals surface area (Å²) in [6.45, 7) is 8.00. The van der Waals surface area contributed by atoms with Crippen LogP contribution in [0.3, 0.4) is 0 Å². The third kappa shape index (κ3) is 5.43. The summed E-state index contributed by atoms with van der Waals surface area (Å²) in [7, 11) is 0. The standard InChI is InChI=1S/C12H17NO3.2C2H6/c14-7-8-2-1-3-9(6-8)10-4-5-11(15)13-12(10)16;2*1-2/h7-10H,1-6H2,(H,13,15,16);2*1-2H3. The monoisotopic (exact) mass is 283 g/mol. The molecule has 0 radical (unpaired) electrons. The van der Waals surface area contributed by atoms with Crippen molar-refractivity contribution in [2.45, 2.75) is 66.2 Å². The first-order chi connectivity index (χ1) is 9.70. The lowest BCUT2D eigenvalue weighted by molar-refractivity contribution is -0.138. The fourth-order valence-electron chi connectivity index (χ4n) is 2.92. The van der Waals surface area contributed by atoms with Crippen LogP contribution in [0.1, 0.15) is 66.2 Å². The van der Waals surface area contributed by atoms with Crippen LogP contribution in [0, 0.1) is 17.8 Å². The van der Waals surface area contributed by atoms with Gasteiger partial charge in [0.25, 0.3) is 0 Å². The van der Waals surface area contributed by atoms with Crippen LogP contribution in [-0.4, -0.2) is 18.1 Å². The maximum Gasteiger partial charge on any atom is 0.229 e. The van der Waals surface area contributed by atoms with Crippen LogP contribution in [0.4, 0.5) is 0 Å². The molecule has 4 heteroatoms. The van der Waals surface area contributed by atoms with Crippen LogP contribution in [0.25, 0.3) is 0 Å². The van der Waals surface area contributed by atoms with Crippen molar-refractivity contribution < 1.29 is 14.4 Å². The number of rotatable bonds is 2. The highest BCUT2D eigenvalue weighted by Crippen LogP contribution is 2.36. The Labute approximate surface area is 122 Å². The minimum Gasteiger partial charge on any atom is -0.303 e. The Balaban J connectivity index is 0.000000829. The van der Waals surface area contributed by atoms with Gasteiger partial charge in [-0.3, -0.25) is 14.9 Å². The molecule has 2 aliphatic rings. The summed E-state index contributed by atoms with van der Waals surface area (Å²) in [6, 6.07) is 0. The number of imide groups is 1. The van der Waals surface area contributed by atoms with E-state index in [-0.39, 0.29) is 29.6 Å². The SMILES string of the molecule is CC.CC.O=CC1CCCC(C2CCC(=O)NC2=O)C1. The van der Waals surface area contributed by atoms with Crippen LogP contribution >= 0.6 is 0 Å². The van der Waals surface area contributed by atoms with Gasteiger partial charge in [0.1, 0.15) is 6.29 Å². The minimum atomic E-state index is -0.163. The van der Waals surface area contributed by atoms with E-state index in [1.165, 1.54) is 0 Å². The smallest absolute Gasteiger partial charge is 0.229 e. The van der Waals surface area contributed by atoms with E-state index in [9.17, 15) is 14.4 Å². The zero-order valence-corrected chi connectivity index (χ0v) is 13.3. The van der Waals surface area contributed by atoms with E-state index in [4.69, 9.17) is 0 Å². The summed E-state index contributed by atoms with van der Waals surface area (Å²) in [5, 5.41) is 2.39. The Morgan fingerprint density at radius 2 is 1.70 bits per heavy atom. The third-order valence-electron chi connectivity index (χ3n) is 3.80. The number of hydrogen-bond donors (Lipinski definition) is 1. The van der Waals surface area contributed by atoms with Crippen molar-refractivity contribution in [3.8, 4) is 0 Å². The van der Waals surface area contributed by atoms with Crippen LogP contribution in [0.5, 0.6) is 0 Å². The molecule has 2 rings (SSSR count). The molecule has 3 unspecified atom stereocenters. The second-order valence-electron chi connectivity index (χ2n) is 4.88. The van der Waals surface area contributed by atoms with Crippen molar-refractivity contribution >= 4 is 18.1 Å². The molecule has 0 aromatic rings. The highest BCUT2D eigenvalue weighted by atomic mass is 16.2. The van der Waals surface area contributed by atoms with Gasteiger partial charge in [-0.15, -0.1) is 0 Å². The van der Waals surface area contributed by atoms with E-state index in [1.54, 1.807) is 0 Å². The van der Waals surface area contributed by atoms with Crippen molar-refractivity contribution in [3.63, 3.8) is 0 Å². The number of hydrogen-bond acceptors (Lipinski definition) is 3. The fraction of sp³-hybridized carbons (Fsp3) is 0.812. The number of aldehydes is 1. The van der Waals surface area contributed by atoms with Crippen LogP contribution in [-0.2, 0) is 14.4 Å². The molecule has 116 valence electrons. The molecular weight excluding hydrogens is 254 g/mol. The van der Waals surface area contributed by atoms with Crippen molar-refractivity contribution in [2.24, 2.45) is 17.8 Å². The summed E-state index contributed by atoms with van der Waals surface area (Å²) in [5.41, 5.74) is 0. The molecule has 0 aromatic heterocycles. The van der Waals surface area contributed by atoms with E-state index in [0.717, 1.165) is 32.0 Å². The summed E-state index contributed by atoms with van der Waals surface area (Å²) in [4.78, 5) is 33.5. The number of nitrogens with one attached hydrogen (secondary N) is 1. The molecule has 0 aromatic carbocycles. The molecule has 1 saturated heterocycles. The molecule has 3 atom stereocenters. The van der Waals surface area contributed by atoms with Gasteiger partial charge in [0.15, 0.2) is 0 Å². The Bertz CT molecular complexity index is 315. The van der Waals surface area contributed by atoms with Gasteiger partial charge in [-0.2, -0.15) is 0 Å². The molecule has 1 aliphatic carbocycles. The molecule has 0 spiro atoms. The molecule has 2 fully saturated rings. The van der Waals surface area contributed by atoms with Gasteiger partial charge in [0.2, 0.25) is 11.8 Å². The van der Waals surface area contributed by atoms with Crippen molar-refractivity contribution in [1.29, 1.82) is 0 Å². The highest BCUT2D eigenvalue weighted by molar-refractivity contribution is 5.98. The first-order valence-electron chi connectivity index (χ1n) is 7.99. The van der Waals surface area contributed by atoms with Gasteiger partial charge in [0, 0.05) is 18.3 Å². The molecular formula is C16H29NO3. The van der Waals surface area contributed by atoms with Gasteiger partial charge < -0.3 is 4.79 Å². The lowest BCUT2D eigenvalue weighted by Crippen LogP contribution is -2.44. The molecule has 2 amide bonds. The van der Waals surface area contributed by atoms with Crippen molar-refractivity contribution in [3.05, 3.63) is 0 Å². The lowest BCUT2D eigenvalue weighted by Gasteiger charge is -2.33. The van der Waals surface area contributed by atoms with E-state index in [1.807, 2.05) is 27.7 Å². The largest absolute Gasteiger partial charge is 0.303 e. The number of amides is 2. The first kappa shape index (κ1) is 18.8. The van der Waals surface area contributed by atoms with Gasteiger partial charge in [-0.05, 0) is 31.6 Å². The molecule has 1 saturated carbocycles. The second-order valence-corrected chi connectivity index (χ2v) is 4.88. The highest BCUT2D eigenvalue weighted by Gasteiger charge is 2.35. The zero-order valence-electron chi connectivity index (χ0n) is 13.3. The summed E-state index contributed by atoms with van der Waals surface area (Å²) < 4.78 is 0. The number of piperidine rings is 1. The molecule has 20 heavy (non-hydrogen) atoms. The molecule has 1 heterocycles. The quantitative estimate of drug-likeness (QED) is 0.625. The molecule has 1 aliphatic heterocycles. The maximum absolute atomic E-state index is 11.7. The Hall–Kier alpha value is -1.19. The summed E-state index contributed by atoms with van der Waals surface area (Å²) in [6.07, 6.45) is 5.91. The third-order valence-corrected chi connectivity index (χ3v) is 3.80. The van der Waals surface area contributed by atoms with Gasteiger partial charge in [-0.1, -0.05) is 34.1 Å². The second kappa shape index (κ2) is 10.6. The Morgan fingerprint density at radius 1 is 1.05 bits per heavy atom. The van der Waals surface area contributed by atoms with Crippen molar-refractivity contribution in [2.75, 3.05) is 0 Å². The first-order valence-corrected chi connectivity index (χ1v) is 7.99. The van der Waals surface area contributed by atoms with Gasteiger partial charge in [0.05, 0.1) is 0 Å². The number of carbonyl (C=O) groups excluding carboxylic acids is 3. The summed E-state index contributed by atoms with van der Waals surface area (Å²) in [5.74, 6) is 0.0541. The summed E-state index contributed by atoms with van der Waals surface area (Å²) >= 11 is 0. The normalized spacial score (nSPS) is 29.1. The minimum absolute atomic E-state index is 0.0551. The lowest BCUT2D eigenvalue weighted by atomic mass is 9.73. The fourth-order valence-corrected chi connectivity index (χ4v) is 2.92. The van der Waals surface area contributed by atoms with Crippen molar-refractivity contribution in [1.82, 2.24) is 5.32 Å². The van der Waals surface area contributed by atoms with E-state index >= 15 is 0 Å². The van der Waals surface area contributed by atoms with Gasteiger partial charge >= 0.3 is 0 Å². The molecule has 4 nitrogen and oxygen atoms in total. The zero-order chi connectivity index (χ0) is 15.5. The van der Waals surface area contributed by atoms with Crippen LogP contribution in [0.2, 0.25) is 0 Å². The Kier molecular flexibility index (Phi) is 9.95. The Morgan fingerprint density at radius 3 is 2.25 bits per heavy atom. The average Bonchev–Trinajstić information content (AvgIpc) is 2.51. The predicted molar refractivity (Wildman–Crippen MR) is 80.1 cm³/mol. The van der Waals surface area contributed by atoms with E-state index in [2.05, 4.69) is 5.32 Å². The van der Waals surface area contributed by atoms with E-state index in [0.29, 0.717) is 12.8 Å². The predicted octanol–water partition coefficient (Wildman–Crippen LogP) is 3.10. The molecule has 1 N–H and O–H groups in total. The average molecular weight is 283 g/mol.